The van der Waals surface area contributed by atoms with E-state index in [1.807, 2.05) is 37.4 Å². The Hall–Kier alpha value is -2.53. The first-order valence-corrected chi connectivity index (χ1v) is 16.2. The highest BCUT2D eigenvalue weighted by atomic mass is 16.5. The Morgan fingerprint density at radius 3 is 2.27 bits per heavy atom. The highest BCUT2D eigenvalue weighted by Crippen LogP contribution is 2.29. The van der Waals surface area contributed by atoms with Crippen LogP contribution in [-0.4, -0.2) is 96.8 Å². The van der Waals surface area contributed by atoms with Crippen LogP contribution in [0, 0.1) is 17.8 Å². The first-order chi connectivity index (χ1) is 20.8. The molecule has 0 aliphatic carbocycles. The van der Waals surface area contributed by atoms with E-state index in [4.69, 9.17) is 15.2 Å². The number of aliphatic hydroxyl groups is 1. The van der Waals surface area contributed by atoms with Crippen LogP contribution in [0.5, 0.6) is 0 Å². The number of ether oxygens (including phenoxy) is 2. The highest BCUT2D eigenvalue weighted by Gasteiger charge is 2.44. The topological polar surface area (TPSA) is 134 Å². The Kier molecular flexibility index (Phi) is 15.3. The summed E-state index contributed by atoms with van der Waals surface area (Å²) in [6, 6.07) is 7.70. The van der Waals surface area contributed by atoms with Crippen molar-refractivity contribution in [2.24, 2.45) is 23.5 Å². The van der Waals surface area contributed by atoms with Crippen molar-refractivity contribution < 1.29 is 29.0 Å². The standard InChI is InChI=1S/C34H58N4O6/c1-10-22(4)31(37(7)29(39)17-16-21(2)3)28(43-8)19-30(40)38-20-26(35)18-27(38)33(44-9)23(5)34(42)36-24(6)32(41)25-14-12-11-13-15-25/h11-15,21-24,26-28,31-33,41H,10,16-20,35H2,1-9H3,(H,36,42). The van der Waals surface area contributed by atoms with E-state index >= 15 is 0 Å². The molecule has 9 unspecified atom stereocenters. The van der Waals surface area contributed by atoms with E-state index in [1.54, 1.807) is 30.8 Å². The third kappa shape index (κ3) is 9.99. The Morgan fingerprint density at radius 1 is 1.09 bits per heavy atom. The zero-order chi connectivity index (χ0) is 33.1. The molecular formula is C34H58N4O6. The second-order valence-corrected chi connectivity index (χ2v) is 13.0. The lowest BCUT2D eigenvalue weighted by atomic mass is 9.90. The summed E-state index contributed by atoms with van der Waals surface area (Å²) in [4.78, 5) is 43.9. The molecule has 2 rings (SSSR count). The smallest absolute Gasteiger partial charge is 0.225 e. The molecular weight excluding hydrogens is 560 g/mol. The lowest BCUT2D eigenvalue weighted by molar-refractivity contribution is -0.146. The molecule has 0 bridgehead atoms. The van der Waals surface area contributed by atoms with E-state index in [1.165, 1.54) is 7.11 Å². The molecule has 1 aliphatic rings. The predicted molar refractivity (Wildman–Crippen MR) is 173 cm³/mol. The highest BCUT2D eigenvalue weighted by molar-refractivity contribution is 5.81. The van der Waals surface area contributed by atoms with Crippen molar-refractivity contribution in [1.82, 2.24) is 15.1 Å². The Balaban J connectivity index is 2.19. The maximum atomic E-state index is 13.9. The number of hydrogen-bond acceptors (Lipinski definition) is 7. The molecule has 0 aromatic heterocycles. The summed E-state index contributed by atoms with van der Waals surface area (Å²) < 4.78 is 11.8. The monoisotopic (exact) mass is 618 g/mol. The van der Waals surface area contributed by atoms with Crippen LogP contribution in [0.2, 0.25) is 0 Å². The largest absolute Gasteiger partial charge is 0.386 e. The predicted octanol–water partition coefficient (Wildman–Crippen LogP) is 3.52. The minimum atomic E-state index is -0.869. The zero-order valence-corrected chi connectivity index (χ0v) is 28.4. The van der Waals surface area contributed by atoms with Gasteiger partial charge in [0.15, 0.2) is 0 Å². The molecule has 1 aromatic carbocycles. The van der Waals surface area contributed by atoms with Gasteiger partial charge in [0.25, 0.3) is 0 Å². The molecule has 1 saturated heterocycles. The van der Waals surface area contributed by atoms with E-state index < -0.39 is 36.3 Å². The second-order valence-electron chi connectivity index (χ2n) is 13.0. The number of nitrogens with one attached hydrogen (secondary N) is 1. The van der Waals surface area contributed by atoms with E-state index in [0.717, 1.165) is 12.8 Å². The summed E-state index contributed by atoms with van der Waals surface area (Å²) in [5.41, 5.74) is 7.09. The van der Waals surface area contributed by atoms with Crippen molar-refractivity contribution in [2.45, 2.75) is 116 Å². The van der Waals surface area contributed by atoms with Crippen LogP contribution in [0.15, 0.2) is 30.3 Å². The second kappa shape index (κ2) is 17.8. The summed E-state index contributed by atoms with van der Waals surface area (Å²) in [6.45, 7) is 12.2. The maximum absolute atomic E-state index is 13.9. The molecule has 1 heterocycles. The molecule has 4 N–H and O–H groups in total. The van der Waals surface area contributed by atoms with Crippen molar-refractivity contribution in [3.05, 3.63) is 35.9 Å². The van der Waals surface area contributed by atoms with Gasteiger partial charge in [0.2, 0.25) is 17.7 Å². The number of carbonyl (C=O) groups is 3. The third-order valence-corrected chi connectivity index (χ3v) is 9.30. The van der Waals surface area contributed by atoms with E-state index in [9.17, 15) is 19.5 Å². The van der Waals surface area contributed by atoms with Gasteiger partial charge in [-0.25, -0.2) is 0 Å². The summed E-state index contributed by atoms with van der Waals surface area (Å²) in [5, 5.41) is 13.7. The first kappa shape index (κ1) is 37.7. The van der Waals surface area contributed by atoms with Gasteiger partial charge in [0.05, 0.1) is 48.8 Å². The zero-order valence-electron chi connectivity index (χ0n) is 28.4. The minimum Gasteiger partial charge on any atom is -0.386 e. The fourth-order valence-electron chi connectivity index (χ4n) is 6.34. The summed E-state index contributed by atoms with van der Waals surface area (Å²) in [6.07, 6.45) is 0.654. The van der Waals surface area contributed by atoms with Gasteiger partial charge in [0.1, 0.15) is 0 Å². The molecule has 0 spiro atoms. The van der Waals surface area contributed by atoms with Gasteiger partial charge < -0.3 is 35.4 Å². The molecule has 3 amide bonds. The normalized spacial score (nSPS) is 21.7. The Bertz CT molecular complexity index is 1040. The van der Waals surface area contributed by atoms with Gasteiger partial charge in [-0.05, 0) is 37.2 Å². The number of likely N-dealkylation sites (N-methyl/N-ethyl adjacent to an activating group) is 1. The van der Waals surface area contributed by atoms with E-state index in [-0.39, 0.29) is 42.1 Å². The fraction of sp³-hybridized carbons (Fsp3) is 0.735. The molecule has 0 radical (unpaired) electrons. The molecule has 250 valence electrons. The molecule has 1 fully saturated rings. The lowest BCUT2D eigenvalue weighted by Gasteiger charge is -2.39. The lowest BCUT2D eigenvalue weighted by Crippen LogP contribution is -2.53. The van der Waals surface area contributed by atoms with Crippen LogP contribution >= 0.6 is 0 Å². The summed E-state index contributed by atoms with van der Waals surface area (Å²) >= 11 is 0. The van der Waals surface area contributed by atoms with Gasteiger partial charge in [-0.2, -0.15) is 0 Å². The number of benzene rings is 1. The molecule has 44 heavy (non-hydrogen) atoms. The van der Waals surface area contributed by atoms with Crippen molar-refractivity contribution >= 4 is 17.7 Å². The molecule has 9 atom stereocenters. The minimum absolute atomic E-state index is 0.0467. The molecule has 10 heteroatoms. The fourth-order valence-corrected chi connectivity index (χ4v) is 6.34. The van der Waals surface area contributed by atoms with E-state index in [0.29, 0.717) is 30.9 Å². The van der Waals surface area contributed by atoms with Gasteiger partial charge in [0, 0.05) is 40.3 Å². The first-order valence-electron chi connectivity index (χ1n) is 16.2. The van der Waals surface area contributed by atoms with Gasteiger partial charge in [-0.1, -0.05) is 71.4 Å². The van der Waals surface area contributed by atoms with Gasteiger partial charge >= 0.3 is 0 Å². The van der Waals surface area contributed by atoms with Crippen molar-refractivity contribution in [3.63, 3.8) is 0 Å². The number of carbonyl (C=O) groups excluding carboxylic acids is 3. The van der Waals surface area contributed by atoms with Crippen molar-refractivity contribution in [2.75, 3.05) is 27.8 Å². The van der Waals surface area contributed by atoms with Gasteiger partial charge in [-0.15, -0.1) is 0 Å². The van der Waals surface area contributed by atoms with Crippen molar-refractivity contribution in [3.8, 4) is 0 Å². The quantitative estimate of drug-likeness (QED) is 0.243. The molecule has 10 nitrogen and oxygen atoms in total. The molecule has 1 aromatic rings. The number of amides is 3. The van der Waals surface area contributed by atoms with Crippen LogP contribution in [0.4, 0.5) is 0 Å². The van der Waals surface area contributed by atoms with Crippen LogP contribution in [0.25, 0.3) is 0 Å². The number of methoxy groups -OCH3 is 2. The maximum Gasteiger partial charge on any atom is 0.225 e. The number of likely N-dealkylation sites (tertiary alicyclic amines) is 1. The number of nitrogens with zero attached hydrogens (tertiary/aromatic N) is 2. The number of hydrogen-bond donors (Lipinski definition) is 3. The average molecular weight is 619 g/mol. The summed E-state index contributed by atoms with van der Waals surface area (Å²) in [7, 11) is 4.93. The van der Waals surface area contributed by atoms with Crippen LogP contribution in [-0.2, 0) is 23.9 Å². The number of rotatable bonds is 17. The summed E-state index contributed by atoms with van der Waals surface area (Å²) in [5.74, 6) is -0.465. The third-order valence-electron chi connectivity index (χ3n) is 9.30. The van der Waals surface area contributed by atoms with Crippen LogP contribution in [0.1, 0.15) is 85.3 Å². The molecule has 1 aliphatic heterocycles. The number of nitrogens with two attached hydrogens (primary N) is 1. The Labute approximate surface area is 265 Å². The number of aliphatic hydroxyl groups excluding tert-OH is 1. The van der Waals surface area contributed by atoms with Crippen molar-refractivity contribution in [1.29, 1.82) is 0 Å². The van der Waals surface area contributed by atoms with Crippen LogP contribution < -0.4 is 11.1 Å². The van der Waals surface area contributed by atoms with E-state index in [2.05, 4.69) is 33.0 Å². The Morgan fingerprint density at radius 2 is 1.73 bits per heavy atom. The van der Waals surface area contributed by atoms with Crippen LogP contribution in [0.3, 0.4) is 0 Å². The SMILES string of the molecule is CCC(C)C(C(CC(=O)N1CC(N)CC1C(OC)C(C)C(=O)NC(C)C(O)c1ccccc1)OC)N(C)C(=O)CCC(C)C. The molecule has 0 saturated carbocycles. The average Bonchev–Trinajstić information content (AvgIpc) is 3.40. The van der Waals surface area contributed by atoms with Gasteiger partial charge in [-0.3, -0.25) is 14.4 Å².